The maximum Gasteiger partial charge on any atom is 0.223 e. The summed E-state index contributed by atoms with van der Waals surface area (Å²) in [5.41, 5.74) is 1.00. The number of amides is 1. The van der Waals surface area contributed by atoms with Gasteiger partial charge in [0.25, 0.3) is 0 Å². The molecule has 0 bridgehead atoms. The van der Waals surface area contributed by atoms with Crippen molar-refractivity contribution in [3.05, 3.63) is 16.4 Å². The van der Waals surface area contributed by atoms with Gasteiger partial charge in [0.15, 0.2) is 0 Å². The van der Waals surface area contributed by atoms with Crippen LogP contribution >= 0.6 is 15.9 Å². The van der Waals surface area contributed by atoms with Crippen molar-refractivity contribution in [3.63, 3.8) is 0 Å². The second kappa shape index (κ2) is 5.21. The van der Waals surface area contributed by atoms with Gasteiger partial charge in [-0.2, -0.15) is 5.10 Å². The first-order chi connectivity index (χ1) is 8.08. The summed E-state index contributed by atoms with van der Waals surface area (Å²) in [7, 11) is 0. The molecule has 1 aliphatic rings. The van der Waals surface area contributed by atoms with Crippen molar-refractivity contribution in [3.8, 4) is 0 Å². The molecule has 0 radical (unpaired) electrons. The van der Waals surface area contributed by atoms with Gasteiger partial charge >= 0.3 is 0 Å². The topological polar surface area (TPSA) is 46.9 Å². The Kier molecular flexibility index (Phi) is 3.86. The van der Waals surface area contributed by atoms with E-state index in [-0.39, 0.29) is 11.8 Å². The third kappa shape index (κ3) is 3.31. The lowest BCUT2D eigenvalue weighted by Crippen LogP contribution is -2.27. The molecule has 1 heterocycles. The van der Waals surface area contributed by atoms with E-state index in [0.717, 1.165) is 36.1 Å². The molecular formula is C12H18BrN3O. The minimum Gasteiger partial charge on any atom is -0.356 e. The molecular weight excluding hydrogens is 282 g/mol. The van der Waals surface area contributed by atoms with Crippen LogP contribution in [0.15, 0.2) is 10.7 Å². The molecule has 0 saturated heterocycles. The first-order valence-corrected chi connectivity index (χ1v) is 6.84. The highest BCUT2D eigenvalue weighted by molar-refractivity contribution is 9.10. The minimum absolute atomic E-state index is 0.218. The normalized spacial score (nSPS) is 22.5. The summed E-state index contributed by atoms with van der Waals surface area (Å²) in [5, 5.41) is 7.32. The van der Waals surface area contributed by atoms with Crippen LogP contribution in [0.4, 0.5) is 0 Å². The predicted octanol–water partition coefficient (Wildman–Crippen LogP) is 2.12. The number of aryl methyl sites for hydroxylation is 2. The van der Waals surface area contributed by atoms with Crippen molar-refractivity contribution in [1.29, 1.82) is 0 Å². The number of rotatable bonds is 5. The number of hydrogen-bond acceptors (Lipinski definition) is 2. The lowest BCUT2D eigenvalue weighted by Gasteiger charge is -2.04. The molecule has 1 fully saturated rings. The zero-order chi connectivity index (χ0) is 12.4. The Morgan fingerprint density at radius 3 is 2.94 bits per heavy atom. The molecule has 1 aromatic rings. The SMILES string of the molecule is Cc1nn(CCCNC(=O)C2CC2C)cc1Br. The van der Waals surface area contributed by atoms with Crippen LogP contribution < -0.4 is 5.32 Å². The fourth-order valence-corrected chi connectivity index (χ4v) is 2.19. The van der Waals surface area contributed by atoms with Crippen molar-refractivity contribution in [1.82, 2.24) is 15.1 Å². The van der Waals surface area contributed by atoms with Gasteiger partial charge in [0.05, 0.1) is 10.2 Å². The fourth-order valence-electron chi connectivity index (χ4n) is 1.88. The zero-order valence-corrected chi connectivity index (χ0v) is 11.8. The van der Waals surface area contributed by atoms with Crippen LogP contribution in [-0.2, 0) is 11.3 Å². The first-order valence-electron chi connectivity index (χ1n) is 6.05. The van der Waals surface area contributed by atoms with E-state index in [9.17, 15) is 4.79 Å². The van der Waals surface area contributed by atoms with Gasteiger partial charge in [-0.25, -0.2) is 0 Å². The van der Waals surface area contributed by atoms with Gasteiger partial charge in [-0.3, -0.25) is 9.48 Å². The summed E-state index contributed by atoms with van der Waals surface area (Å²) in [6, 6.07) is 0. The molecule has 0 spiro atoms. The molecule has 0 aromatic carbocycles. The first kappa shape index (κ1) is 12.6. The van der Waals surface area contributed by atoms with Gasteiger partial charge in [0.1, 0.15) is 0 Å². The van der Waals surface area contributed by atoms with Crippen molar-refractivity contribution < 1.29 is 4.79 Å². The molecule has 94 valence electrons. The van der Waals surface area contributed by atoms with E-state index < -0.39 is 0 Å². The molecule has 1 aliphatic carbocycles. The molecule has 1 N–H and O–H groups in total. The maximum atomic E-state index is 11.5. The molecule has 5 heteroatoms. The lowest BCUT2D eigenvalue weighted by molar-refractivity contribution is -0.122. The highest BCUT2D eigenvalue weighted by atomic mass is 79.9. The van der Waals surface area contributed by atoms with Crippen LogP contribution in [-0.4, -0.2) is 22.2 Å². The van der Waals surface area contributed by atoms with Crippen molar-refractivity contribution in [2.75, 3.05) is 6.54 Å². The van der Waals surface area contributed by atoms with Gasteiger partial charge < -0.3 is 5.32 Å². The second-order valence-electron chi connectivity index (χ2n) is 4.79. The number of hydrogen-bond donors (Lipinski definition) is 1. The van der Waals surface area contributed by atoms with E-state index in [0.29, 0.717) is 5.92 Å². The Morgan fingerprint density at radius 2 is 2.41 bits per heavy atom. The third-order valence-corrected chi connectivity index (χ3v) is 3.97. The lowest BCUT2D eigenvalue weighted by atomic mass is 10.3. The molecule has 1 saturated carbocycles. The van der Waals surface area contributed by atoms with E-state index in [1.54, 1.807) is 0 Å². The number of halogens is 1. The third-order valence-electron chi connectivity index (χ3n) is 3.20. The van der Waals surface area contributed by atoms with Crippen LogP contribution in [0.25, 0.3) is 0 Å². The number of nitrogens with zero attached hydrogens (tertiary/aromatic N) is 2. The molecule has 2 rings (SSSR count). The van der Waals surface area contributed by atoms with Crippen LogP contribution in [0.5, 0.6) is 0 Å². The smallest absolute Gasteiger partial charge is 0.223 e. The zero-order valence-electron chi connectivity index (χ0n) is 10.2. The fraction of sp³-hybridized carbons (Fsp3) is 0.667. The average molecular weight is 300 g/mol. The van der Waals surface area contributed by atoms with E-state index in [4.69, 9.17) is 0 Å². The average Bonchev–Trinajstić information content (AvgIpc) is 2.92. The number of nitrogens with one attached hydrogen (secondary N) is 1. The monoisotopic (exact) mass is 299 g/mol. The quantitative estimate of drug-likeness (QED) is 0.847. The Hall–Kier alpha value is -0.840. The van der Waals surface area contributed by atoms with E-state index in [1.807, 2.05) is 17.8 Å². The summed E-state index contributed by atoms with van der Waals surface area (Å²) in [5.74, 6) is 1.08. The summed E-state index contributed by atoms with van der Waals surface area (Å²) < 4.78 is 2.94. The second-order valence-corrected chi connectivity index (χ2v) is 5.64. The predicted molar refractivity (Wildman–Crippen MR) is 69.6 cm³/mol. The number of aromatic nitrogens is 2. The minimum atomic E-state index is 0.218. The Labute approximate surface area is 110 Å². The van der Waals surface area contributed by atoms with Crippen LogP contribution in [0, 0.1) is 18.8 Å². The van der Waals surface area contributed by atoms with Crippen LogP contribution in [0.3, 0.4) is 0 Å². The Balaban J connectivity index is 1.64. The largest absolute Gasteiger partial charge is 0.356 e. The highest BCUT2D eigenvalue weighted by Crippen LogP contribution is 2.37. The van der Waals surface area contributed by atoms with Crippen molar-refractivity contribution >= 4 is 21.8 Å². The molecule has 17 heavy (non-hydrogen) atoms. The van der Waals surface area contributed by atoms with Gasteiger partial charge in [0.2, 0.25) is 5.91 Å². The number of carbonyl (C=O) groups excluding carboxylic acids is 1. The maximum absolute atomic E-state index is 11.5. The van der Waals surface area contributed by atoms with E-state index in [2.05, 4.69) is 33.3 Å². The molecule has 2 atom stereocenters. The number of carbonyl (C=O) groups is 1. The van der Waals surface area contributed by atoms with Gasteiger partial charge in [0, 0.05) is 25.2 Å². The van der Waals surface area contributed by atoms with Gasteiger partial charge in [-0.15, -0.1) is 0 Å². The molecule has 2 unspecified atom stereocenters. The van der Waals surface area contributed by atoms with Crippen molar-refractivity contribution in [2.45, 2.75) is 33.2 Å². The van der Waals surface area contributed by atoms with Gasteiger partial charge in [-0.1, -0.05) is 6.92 Å². The molecule has 0 aliphatic heterocycles. The van der Waals surface area contributed by atoms with Crippen LogP contribution in [0.2, 0.25) is 0 Å². The summed E-state index contributed by atoms with van der Waals surface area (Å²) in [6.07, 6.45) is 3.94. The van der Waals surface area contributed by atoms with Gasteiger partial charge in [-0.05, 0) is 41.6 Å². The van der Waals surface area contributed by atoms with E-state index in [1.165, 1.54) is 0 Å². The van der Waals surface area contributed by atoms with E-state index >= 15 is 0 Å². The Bertz CT molecular complexity index is 396. The summed E-state index contributed by atoms with van der Waals surface area (Å²) in [6.45, 7) is 5.66. The molecule has 1 aromatic heterocycles. The van der Waals surface area contributed by atoms with Crippen molar-refractivity contribution in [2.24, 2.45) is 11.8 Å². The highest BCUT2D eigenvalue weighted by Gasteiger charge is 2.38. The molecule has 1 amide bonds. The standard InChI is InChI=1S/C12H18BrN3O/c1-8-6-10(8)12(17)14-4-3-5-16-7-11(13)9(2)15-16/h7-8,10H,3-6H2,1-2H3,(H,14,17). The molecule has 4 nitrogen and oxygen atoms in total. The Morgan fingerprint density at radius 1 is 1.71 bits per heavy atom. The summed E-state index contributed by atoms with van der Waals surface area (Å²) >= 11 is 3.43. The summed E-state index contributed by atoms with van der Waals surface area (Å²) in [4.78, 5) is 11.5. The van der Waals surface area contributed by atoms with Crippen LogP contribution in [0.1, 0.15) is 25.5 Å².